The molecule has 2 aromatic carbocycles. The summed E-state index contributed by atoms with van der Waals surface area (Å²) in [5, 5.41) is 2.97. The molecule has 1 heterocycles. The lowest BCUT2D eigenvalue weighted by molar-refractivity contribution is -0.274. The van der Waals surface area contributed by atoms with E-state index >= 15 is 0 Å². The second kappa shape index (κ2) is 9.51. The van der Waals surface area contributed by atoms with Crippen molar-refractivity contribution in [2.24, 2.45) is 5.92 Å². The van der Waals surface area contributed by atoms with Crippen LogP contribution in [0.1, 0.15) is 47.5 Å². The normalized spacial score (nSPS) is 18.8. The molecule has 0 aliphatic heterocycles. The van der Waals surface area contributed by atoms with Crippen LogP contribution < -0.4 is 10.1 Å². The van der Waals surface area contributed by atoms with Gasteiger partial charge in [-0.15, -0.1) is 13.2 Å². The Labute approximate surface area is 184 Å². The van der Waals surface area contributed by atoms with Crippen LogP contribution in [0.2, 0.25) is 0 Å². The Morgan fingerprint density at radius 1 is 0.938 bits per heavy atom. The van der Waals surface area contributed by atoms with E-state index in [1.165, 1.54) is 36.2 Å². The number of alkyl halides is 3. The Bertz CT molecular complexity index is 1040. The molecular formula is C25H25F3N2O2. The lowest BCUT2D eigenvalue weighted by atomic mass is 9.78. The van der Waals surface area contributed by atoms with Crippen LogP contribution >= 0.6 is 0 Å². The Kier molecular flexibility index (Phi) is 6.53. The molecule has 0 radical (unpaired) electrons. The number of carbonyl (C=O) groups is 1. The number of hydrogen-bond acceptors (Lipinski definition) is 2. The fourth-order valence-corrected chi connectivity index (χ4v) is 4.43. The zero-order valence-electron chi connectivity index (χ0n) is 17.5. The van der Waals surface area contributed by atoms with Gasteiger partial charge in [-0.2, -0.15) is 0 Å². The van der Waals surface area contributed by atoms with Crippen molar-refractivity contribution in [2.75, 3.05) is 6.54 Å². The Balaban J connectivity index is 1.38. The van der Waals surface area contributed by atoms with Crippen molar-refractivity contribution in [2.45, 2.75) is 38.0 Å². The van der Waals surface area contributed by atoms with Crippen LogP contribution in [0.15, 0.2) is 67.0 Å². The monoisotopic (exact) mass is 442 g/mol. The molecule has 1 amide bonds. The maximum Gasteiger partial charge on any atom is 0.573 e. The van der Waals surface area contributed by atoms with Crippen LogP contribution in [-0.4, -0.2) is 23.8 Å². The third-order valence-electron chi connectivity index (χ3n) is 6.06. The minimum Gasteiger partial charge on any atom is -0.405 e. The first-order valence-electron chi connectivity index (χ1n) is 10.8. The second-order valence-corrected chi connectivity index (χ2v) is 8.17. The van der Waals surface area contributed by atoms with Gasteiger partial charge in [-0.25, -0.2) is 0 Å². The molecule has 1 aromatic heterocycles. The SMILES string of the molecule is O=C(NCC1CCC(c2ccccc2)CC1)c1c[nH]cc1-c1ccccc1OC(F)(F)F. The van der Waals surface area contributed by atoms with E-state index in [1.807, 2.05) is 6.07 Å². The summed E-state index contributed by atoms with van der Waals surface area (Å²) in [5.41, 5.74) is 2.24. The summed E-state index contributed by atoms with van der Waals surface area (Å²) in [6.45, 7) is 0.547. The molecular weight excluding hydrogens is 417 g/mol. The summed E-state index contributed by atoms with van der Waals surface area (Å²) in [4.78, 5) is 15.7. The van der Waals surface area contributed by atoms with E-state index in [4.69, 9.17) is 0 Å². The van der Waals surface area contributed by atoms with Crippen molar-refractivity contribution in [1.29, 1.82) is 0 Å². The van der Waals surface area contributed by atoms with Crippen LogP contribution in [0.4, 0.5) is 13.2 Å². The summed E-state index contributed by atoms with van der Waals surface area (Å²) in [5.74, 6) is 0.299. The van der Waals surface area contributed by atoms with E-state index in [-0.39, 0.29) is 17.2 Å². The zero-order chi connectivity index (χ0) is 22.6. The highest BCUT2D eigenvalue weighted by molar-refractivity contribution is 6.01. The standard InChI is InChI=1S/C25H25F3N2O2/c26-25(27,28)32-23-9-5-4-8-20(23)21-15-29-16-22(21)24(31)30-14-17-10-12-19(13-11-17)18-6-2-1-3-7-18/h1-9,15-17,19,29H,10-14H2,(H,30,31). The number of nitrogens with one attached hydrogen (secondary N) is 2. The van der Waals surface area contributed by atoms with E-state index in [9.17, 15) is 18.0 Å². The molecule has 1 fully saturated rings. The van der Waals surface area contributed by atoms with Crippen LogP contribution in [0.25, 0.3) is 11.1 Å². The predicted molar refractivity (Wildman–Crippen MR) is 116 cm³/mol. The van der Waals surface area contributed by atoms with Gasteiger partial charge < -0.3 is 15.0 Å². The van der Waals surface area contributed by atoms with Crippen LogP contribution in [0.5, 0.6) is 5.75 Å². The molecule has 0 unspecified atom stereocenters. The Hall–Kier alpha value is -3.22. The first-order valence-corrected chi connectivity index (χ1v) is 10.8. The van der Waals surface area contributed by atoms with Gasteiger partial charge in [0, 0.05) is 30.1 Å². The number of aromatic nitrogens is 1. The molecule has 7 heteroatoms. The Morgan fingerprint density at radius 3 is 2.34 bits per heavy atom. The maximum absolute atomic E-state index is 12.8. The quantitative estimate of drug-likeness (QED) is 0.472. The molecule has 4 nitrogen and oxygen atoms in total. The van der Waals surface area contributed by atoms with Crippen LogP contribution in [0, 0.1) is 5.92 Å². The zero-order valence-corrected chi connectivity index (χ0v) is 17.5. The van der Waals surface area contributed by atoms with Crippen molar-refractivity contribution in [3.05, 3.63) is 78.1 Å². The molecule has 1 aliphatic rings. The van der Waals surface area contributed by atoms with E-state index in [1.54, 1.807) is 6.07 Å². The average Bonchev–Trinajstić information content (AvgIpc) is 3.27. The number of rotatable bonds is 6. The van der Waals surface area contributed by atoms with Gasteiger partial charge in [0.15, 0.2) is 0 Å². The third-order valence-corrected chi connectivity index (χ3v) is 6.06. The number of halogens is 3. The van der Waals surface area contributed by atoms with Gasteiger partial charge in [0.2, 0.25) is 0 Å². The predicted octanol–water partition coefficient (Wildman–Crippen LogP) is 6.28. The van der Waals surface area contributed by atoms with E-state index < -0.39 is 6.36 Å². The fourth-order valence-electron chi connectivity index (χ4n) is 4.43. The molecule has 0 spiro atoms. The first-order chi connectivity index (χ1) is 15.4. The minimum absolute atomic E-state index is 0.208. The number of amides is 1. The molecule has 3 aromatic rings. The largest absolute Gasteiger partial charge is 0.573 e. The topological polar surface area (TPSA) is 54.1 Å². The van der Waals surface area contributed by atoms with Gasteiger partial charge in [-0.3, -0.25) is 4.79 Å². The van der Waals surface area contributed by atoms with Crippen molar-refractivity contribution in [1.82, 2.24) is 10.3 Å². The minimum atomic E-state index is -4.81. The highest BCUT2D eigenvalue weighted by Gasteiger charge is 2.32. The maximum atomic E-state index is 12.8. The lowest BCUT2D eigenvalue weighted by Gasteiger charge is -2.29. The average molecular weight is 442 g/mol. The molecule has 2 N–H and O–H groups in total. The molecule has 0 saturated heterocycles. The van der Waals surface area contributed by atoms with Gasteiger partial charge in [0.1, 0.15) is 5.75 Å². The van der Waals surface area contributed by atoms with Crippen molar-refractivity contribution >= 4 is 5.91 Å². The van der Waals surface area contributed by atoms with Crippen molar-refractivity contribution in [3.63, 3.8) is 0 Å². The van der Waals surface area contributed by atoms with Gasteiger partial charge in [0.25, 0.3) is 5.91 Å². The van der Waals surface area contributed by atoms with Gasteiger partial charge >= 0.3 is 6.36 Å². The molecule has 168 valence electrons. The van der Waals surface area contributed by atoms with E-state index in [2.05, 4.69) is 39.3 Å². The first kappa shape index (κ1) is 22.0. The molecule has 4 rings (SSSR count). The second-order valence-electron chi connectivity index (χ2n) is 8.17. The highest BCUT2D eigenvalue weighted by atomic mass is 19.4. The number of aromatic amines is 1. The molecule has 0 bridgehead atoms. The smallest absolute Gasteiger partial charge is 0.405 e. The molecule has 1 saturated carbocycles. The Morgan fingerprint density at radius 2 is 1.62 bits per heavy atom. The highest BCUT2D eigenvalue weighted by Crippen LogP contribution is 2.37. The van der Waals surface area contributed by atoms with Gasteiger partial charge in [-0.05, 0) is 49.1 Å². The molecule has 32 heavy (non-hydrogen) atoms. The third kappa shape index (κ3) is 5.33. The van der Waals surface area contributed by atoms with Crippen molar-refractivity contribution < 1.29 is 22.7 Å². The summed E-state index contributed by atoms with van der Waals surface area (Å²) >= 11 is 0. The molecule has 0 atom stereocenters. The fraction of sp³-hybridized carbons (Fsp3) is 0.320. The van der Waals surface area contributed by atoms with Gasteiger partial charge in [0.05, 0.1) is 5.56 Å². The lowest BCUT2D eigenvalue weighted by Crippen LogP contribution is -2.31. The van der Waals surface area contributed by atoms with E-state index in [0.717, 1.165) is 25.7 Å². The molecule has 1 aliphatic carbocycles. The summed E-state index contributed by atoms with van der Waals surface area (Å²) in [7, 11) is 0. The van der Waals surface area contributed by atoms with Crippen molar-refractivity contribution in [3.8, 4) is 16.9 Å². The number of hydrogen-bond donors (Lipinski definition) is 2. The number of carbonyl (C=O) groups excluding carboxylic acids is 1. The van der Waals surface area contributed by atoms with E-state index in [0.29, 0.717) is 29.5 Å². The number of ether oxygens (including phenoxy) is 1. The van der Waals surface area contributed by atoms with Gasteiger partial charge in [-0.1, -0.05) is 48.5 Å². The van der Waals surface area contributed by atoms with Crippen LogP contribution in [-0.2, 0) is 0 Å². The number of benzene rings is 2. The summed E-state index contributed by atoms with van der Waals surface area (Å²) < 4.78 is 42.5. The summed E-state index contributed by atoms with van der Waals surface area (Å²) in [6.07, 6.45) is 2.43. The van der Waals surface area contributed by atoms with Crippen LogP contribution in [0.3, 0.4) is 0 Å². The summed E-state index contributed by atoms with van der Waals surface area (Å²) in [6, 6.07) is 16.3. The number of H-pyrrole nitrogens is 1. The number of para-hydroxylation sites is 1.